The van der Waals surface area contributed by atoms with Gasteiger partial charge in [0.25, 0.3) is 0 Å². The van der Waals surface area contributed by atoms with Crippen molar-refractivity contribution in [2.75, 3.05) is 0 Å². The highest BCUT2D eigenvalue weighted by Gasteiger charge is 2.20. The van der Waals surface area contributed by atoms with Gasteiger partial charge in [-0.15, -0.1) is 0 Å². The van der Waals surface area contributed by atoms with E-state index in [1.807, 2.05) is 45.0 Å². The van der Waals surface area contributed by atoms with E-state index in [1.54, 1.807) is 0 Å². The summed E-state index contributed by atoms with van der Waals surface area (Å²) in [6, 6.07) is 7.46. The topological polar surface area (TPSA) is 52.6 Å². The minimum Gasteiger partial charge on any atom is -0.426 e. The lowest BCUT2D eigenvalue weighted by Gasteiger charge is -2.18. The lowest BCUT2D eigenvalue weighted by atomic mass is 9.96. The quantitative estimate of drug-likeness (QED) is 0.471. The normalized spacial score (nSPS) is 10.4. The van der Waals surface area contributed by atoms with Gasteiger partial charge < -0.3 is 9.47 Å². The highest BCUT2D eigenvalue weighted by atomic mass is 16.5. The van der Waals surface area contributed by atoms with E-state index < -0.39 is 0 Å². The molecule has 0 amide bonds. The lowest BCUT2D eigenvalue weighted by Crippen LogP contribution is -2.09. The van der Waals surface area contributed by atoms with Gasteiger partial charge in [0.2, 0.25) is 0 Å². The summed E-state index contributed by atoms with van der Waals surface area (Å²) >= 11 is 0. The van der Waals surface area contributed by atoms with Crippen molar-refractivity contribution in [3.63, 3.8) is 0 Å². The molecule has 4 heteroatoms. The average Bonchev–Trinajstić information content (AvgIpc) is 2.49. The first-order chi connectivity index (χ1) is 11.3. The molecule has 0 N–H and O–H groups in total. The molecule has 126 valence electrons. The minimum absolute atomic E-state index is 0.377. The molecule has 0 saturated carbocycles. The summed E-state index contributed by atoms with van der Waals surface area (Å²) in [6.07, 6.45) is 2.65. The van der Waals surface area contributed by atoms with Gasteiger partial charge in [-0.3, -0.25) is 9.59 Å². The summed E-state index contributed by atoms with van der Waals surface area (Å²) in [7, 11) is 0. The molecule has 0 aromatic heterocycles. The van der Waals surface area contributed by atoms with Gasteiger partial charge in [-0.1, -0.05) is 35.9 Å². The van der Waals surface area contributed by atoms with Crippen molar-refractivity contribution in [1.82, 2.24) is 0 Å². The molecule has 0 radical (unpaired) electrons. The van der Waals surface area contributed by atoms with Crippen LogP contribution in [0.1, 0.15) is 38.8 Å². The van der Waals surface area contributed by atoms with Gasteiger partial charge in [0.15, 0.2) is 0 Å². The zero-order chi connectivity index (χ0) is 17.9. The summed E-state index contributed by atoms with van der Waals surface area (Å²) in [5.41, 5.74) is 2.81. The summed E-state index contributed by atoms with van der Waals surface area (Å²) in [5.74, 6) is 0.296. The second kappa shape index (κ2) is 7.30. The highest BCUT2D eigenvalue weighted by Crippen LogP contribution is 2.41. The largest absolute Gasteiger partial charge is 0.426 e. The van der Waals surface area contributed by atoms with Gasteiger partial charge in [0, 0.05) is 30.2 Å². The molecular formula is C20H22O4. The molecule has 0 bridgehead atoms. The van der Waals surface area contributed by atoms with Crippen molar-refractivity contribution >= 4 is 22.7 Å². The molecule has 2 aromatic carbocycles. The Hall–Kier alpha value is -2.62. The third-order valence-electron chi connectivity index (χ3n) is 3.69. The molecule has 0 fully saturated rings. The van der Waals surface area contributed by atoms with Crippen LogP contribution in [0.25, 0.3) is 10.8 Å². The first-order valence-corrected chi connectivity index (χ1v) is 7.85. The summed E-state index contributed by atoms with van der Waals surface area (Å²) < 4.78 is 11.0. The standard InChI is InChI=1S/C20H22O4/c1-12(2)10-11-16-13(3)19(23-14(4)21)17-8-6-7-9-18(17)20(16)24-15(5)22/h6-10H,11H2,1-5H3. The van der Waals surface area contributed by atoms with Gasteiger partial charge in [0.05, 0.1) is 0 Å². The van der Waals surface area contributed by atoms with Crippen LogP contribution < -0.4 is 9.47 Å². The zero-order valence-electron chi connectivity index (χ0n) is 14.7. The second-order valence-corrected chi connectivity index (χ2v) is 5.98. The molecule has 0 heterocycles. The van der Waals surface area contributed by atoms with Gasteiger partial charge >= 0.3 is 11.9 Å². The molecular weight excluding hydrogens is 304 g/mol. The van der Waals surface area contributed by atoms with Crippen LogP contribution in [0, 0.1) is 6.92 Å². The molecule has 4 nitrogen and oxygen atoms in total. The van der Waals surface area contributed by atoms with Crippen LogP contribution in [-0.2, 0) is 16.0 Å². The number of rotatable bonds is 4. The van der Waals surface area contributed by atoms with Crippen molar-refractivity contribution in [3.8, 4) is 11.5 Å². The molecule has 0 saturated heterocycles. The van der Waals surface area contributed by atoms with Crippen LogP contribution in [0.2, 0.25) is 0 Å². The van der Waals surface area contributed by atoms with Crippen LogP contribution in [-0.4, -0.2) is 11.9 Å². The van der Waals surface area contributed by atoms with Crippen LogP contribution in [0.4, 0.5) is 0 Å². The number of esters is 2. The first kappa shape index (κ1) is 17.7. The summed E-state index contributed by atoms with van der Waals surface area (Å²) in [5, 5.41) is 1.51. The number of hydrogen-bond donors (Lipinski definition) is 0. The molecule has 0 atom stereocenters. The fraction of sp³-hybridized carbons (Fsp3) is 0.300. The number of hydrogen-bond acceptors (Lipinski definition) is 4. The van der Waals surface area contributed by atoms with Crippen molar-refractivity contribution < 1.29 is 19.1 Å². The Morgan fingerprint density at radius 1 is 0.917 bits per heavy atom. The van der Waals surface area contributed by atoms with Crippen molar-refractivity contribution in [2.24, 2.45) is 0 Å². The van der Waals surface area contributed by atoms with Crippen molar-refractivity contribution in [1.29, 1.82) is 0 Å². The van der Waals surface area contributed by atoms with E-state index in [0.717, 1.165) is 27.5 Å². The maximum Gasteiger partial charge on any atom is 0.308 e. The summed E-state index contributed by atoms with van der Waals surface area (Å²) in [6.45, 7) is 8.66. The number of fused-ring (bicyclic) bond motifs is 1. The van der Waals surface area contributed by atoms with Crippen LogP contribution in [0.15, 0.2) is 35.9 Å². The van der Waals surface area contributed by atoms with E-state index in [4.69, 9.17) is 9.47 Å². The Bertz CT molecular complexity index is 827. The molecule has 2 rings (SSSR count). The number of benzene rings is 2. The SMILES string of the molecule is CC(=O)Oc1c(C)c(CC=C(C)C)c(OC(C)=O)c2ccccc12. The average molecular weight is 326 g/mol. The molecule has 24 heavy (non-hydrogen) atoms. The van der Waals surface area contributed by atoms with Crippen LogP contribution >= 0.6 is 0 Å². The Morgan fingerprint density at radius 2 is 1.42 bits per heavy atom. The molecule has 0 aliphatic carbocycles. The van der Waals surface area contributed by atoms with E-state index in [2.05, 4.69) is 6.08 Å². The van der Waals surface area contributed by atoms with Gasteiger partial charge in [-0.2, -0.15) is 0 Å². The summed E-state index contributed by atoms with van der Waals surface area (Å²) in [4.78, 5) is 23.1. The fourth-order valence-corrected chi connectivity index (χ4v) is 2.64. The number of carbonyl (C=O) groups excluding carboxylic acids is 2. The second-order valence-electron chi connectivity index (χ2n) is 5.98. The predicted molar refractivity (Wildman–Crippen MR) is 94.4 cm³/mol. The predicted octanol–water partition coefficient (Wildman–Crippen LogP) is 4.51. The minimum atomic E-state index is -0.378. The number of carbonyl (C=O) groups is 2. The maximum atomic E-state index is 11.6. The number of ether oxygens (including phenoxy) is 2. The van der Waals surface area contributed by atoms with Crippen LogP contribution in [0.5, 0.6) is 11.5 Å². The van der Waals surface area contributed by atoms with E-state index >= 15 is 0 Å². The van der Waals surface area contributed by atoms with Crippen LogP contribution in [0.3, 0.4) is 0 Å². The van der Waals surface area contributed by atoms with Gasteiger partial charge in [-0.25, -0.2) is 0 Å². The van der Waals surface area contributed by atoms with Crippen molar-refractivity contribution in [3.05, 3.63) is 47.0 Å². The molecule has 0 unspecified atom stereocenters. The van der Waals surface area contributed by atoms with Gasteiger partial charge in [0.1, 0.15) is 11.5 Å². The van der Waals surface area contributed by atoms with E-state index in [1.165, 1.54) is 13.8 Å². The van der Waals surface area contributed by atoms with Gasteiger partial charge in [-0.05, 0) is 32.8 Å². The third kappa shape index (κ3) is 3.82. The fourth-order valence-electron chi connectivity index (χ4n) is 2.64. The Morgan fingerprint density at radius 3 is 1.92 bits per heavy atom. The number of allylic oxidation sites excluding steroid dienone is 2. The lowest BCUT2D eigenvalue weighted by molar-refractivity contribution is -0.133. The molecule has 0 spiro atoms. The van der Waals surface area contributed by atoms with E-state index in [-0.39, 0.29) is 11.9 Å². The first-order valence-electron chi connectivity index (χ1n) is 7.85. The Balaban J connectivity index is 2.82. The monoisotopic (exact) mass is 326 g/mol. The Labute approximate surface area is 142 Å². The molecule has 2 aromatic rings. The Kier molecular flexibility index (Phi) is 5.39. The van der Waals surface area contributed by atoms with E-state index in [9.17, 15) is 9.59 Å². The van der Waals surface area contributed by atoms with Crippen molar-refractivity contribution in [2.45, 2.75) is 41.0 Å². The smallest absolute Gasteiger partial charge is 0.308 e. The van der Waals surface area contributed by atoms with E-state index in [0.29, 0.717) is 17.9 Å². The molecule has 0 aliphatic rings. The molecule has 0 aliphatic heterocycles. The maximum absolute atomic E-state index is 11.6. The zero-order valence-corrected chi connectivity index (χ0v) is 14.7. The highest BCUT2D eigenvalue weighted by molar-refractivity contribution is 5.98. The third-order valence-corrected chi connectivity index (χ3v) is 3.69.